The Morgan fingerprint density at radius 1 is 1.00 bits per heavy atom. The van der Waals surface area contributed by atoms with Gasteiger partial charge in [0.1, 0.15) is 5.75 Å². The molecule has 2 aliphatic rings. The van der Waals surface area contributed by atoms with Crippen LogP contribution in [0.15, 0.2) is 48.5 Å². The molecule has 1 heterocycles. The standard InChI is InChI=1S/C26H35N3O2/c1-31-25-8-4-5-20(19-25)13-16-27-22-14-17-29(18-15-22)24-11-9-21(10-12-24)26(30)28-23-6-2-3-7-23/h4-5,8-12,19,22-23,27H,2-3,6-7,13-18H2,1H3,(H,28,30). The summed E-state index contributed by atoms with van der Waals surface area (Å²) in [5, 5.41) is 6.89. The van der Waals surface area contributed by atoms with Gasteiger partial charge in [0.25, 0.3) is 5.91 Å². The summed E-state index contributed by atoms with van der Waals surface area (Å²) in [5.41, 5.74) is 3.29. The maximum absolute atomic E-state index is 12.4. The van der Waals surface area contributed by atoms with Crippen molar-refractivity contribution in [1.82, 2.24) is 10.6 Å². The van der Waals surface area contributed by atoms with Crippen LogP contribution in [0.5, 0.6) is 5.75 Å². The van der Waals surface area contributed by atoms with Gasteiger partial charge in [-0.05, 0) is 80.6 Å². The van der Waals surface area contributed by atoms with E-state index < -0.39 is 0 Å². The number of carbonyl (C=O) groups is 1. The van der Waals surface area contributed by atoms with Crippen LogP contribution in [0.3, 0.4) is 0 Å². The summed E-state index contributed by atoms with van der Waals surface area (Å²) in [7, 11) is 1.71. The molecule has 0 radical (unpaired) electrons. The fourth-order valence-corrected chi connectivity index (χ4v) is 4.75. The summed E-state index contributed by atoms with van der Waals surface area (Å²) in [4.78, 5) is 14.9. The van der Waals surface area contributed by atoms with Crippen molar-refractivity contribution in [3.8, 4) is 5.75 Å². The van der Waals surface area contributed by atoms with Crippen molar-refractivity contribution in [3.63, 3.8) is 0 Å². The number of rotatable bonds is 8. The summed E-state index contributed by atoms with van der Waals surface area (Å²) in [5.74, 6) is 0.991. The number of hydrogen-bond acceptors (Lipinski definition) is 4. The van der Waals surface area contributed by atoms with E-state index in [0.717, 1.165) is 63.1 Å². The third-order valence-electron chi connectivity index (χ3n) is 6.66. The van der Waals surface area contributed by atoms with E-state index in [1.807, 2.05) is 18.2 Å². The van der Waals surface area contributed by atoms with Gasteiger partial charge < -0.3 is 20.3 Å². The highest BCUT2D eigenvalue weighted by molar-refractivity contribution is 5.94. The highest BCUT2D eigenvalue weighted by atomic mass is 16.5. The molecule has 0 spiro atoms. The predicted molar refractivity (Wildman–Crippen MR) is 126 cm³/mol. The molecule has 1 saturated carbocycles. The molecule has 1 saturated heterocycles. The van der Waals surface area contributed by atoms with Crippen LogP contribution in [-0.4, -0.2) is 44.7 Å². The number of ether oxygens (including phenoxy) is 1. The van der Waals surface area contributed by atoms with Crippen LogP contribution in [0.25, 0.3) is 0 Å². The van der Waals surface area contributed by atoms with Gasteiger partial charge in [0.05, 0.1) is 7.11 Å². The summed E-state index contributed by atoms with van der Waals surface area (Å²) < 4.78 is 5.31. The molecule has 1 aliphatic heterocycles. The topological polar surface area (TPSA) is 53.6 Å². The zero-order chi connectivity index (χ0) is 21.5. The third kappa shape index (κ3) is 6.01. The fraction of sp³-hybridized carbons (Fsp3) is 0.500. The van der Waals surface area contributed by atoms with Gasteiger partial charge in [0.15, 0.2) is 0 Å². The van der Waals surface area contributed by atoms with Crippen LogP contribution in [0.2, 0.25) is 0 Å². The van der Waals surface area contributed by atoms with Crippen molar-refractivity contribution in [2.75, 3.05) is 31.6 Å². The number of hydrogen-bond donors (Lipinski definition) is 2. The summed E-state index contributed by atoms with van der Waals surface area (Å²) in [6.07, 6.45) is 8.00. The third-order valence-corrected chi connectivity index (χ3v) is 6.66. The van der Waals surface area contributed by atoms with Gasteiger partial charge in [-0.1, -0.05) is 25.0 Å². The van der Waals surface area contributed by atoms with Crippen molar-refractivity contribution in [2.45, 2.75) is 57.0 Å². The maximum atomic E-state index is 12.4. The molecular formula is C26H35N3O2. The van der Waals surface area contributed by atoms with Crippen molar-refractivity contribution in [3.05, 3.63) is 59.7 Å². The lowest BCUT2D eigenvalue weighted by molar-refractivity contribution is 0.0938. The molecule has 4 rings (SSSR count). The van der Waals surface area contributed by atoms with Crippen LogP contribution in [-0.2, 0) is 6.42 Å². The second-order valence-electron chi connectivity index (χ2n) is 8.82. The molecule has 0 aromatic heterocycles. The van der Waals surface area contributed by atoms with E-state index in [2.05, 4.69) is 45.9 Å². The van der Waals surface area contributed by atoms with Gasteiger partial charge >= 0.3 is 0 Å². The number of benzene rings is 2. The molecule has 1 amide bonds. The van der Waals surface area contributed by atoms with Crippen LogP contribution in [0.1, 0.15) is 54.4 Å². The summed E-state index contributed by atoms with van der Waals surface area (Å²) in [6, 6.07) is 17.4. The minimum atomic E-state index is 0.0670. The van der Waals surface area contributed by atoms with E-state index in [1.54, 1.807) is 7.11 Å². The lowest BCUT2D eigenvalue weighted by Gasteiger charge is -2.34. The molecule has 2 N–H and O–H groups in total. The second-order valence-corrected chi connectivity index (χ2v) is 8.82. The molecule has 0 bridgehead atoms. The first-order chi connectivity index (χ1) is 15.2. The van der Waals surface area contributed by atoms with Gasteiger partial charge in [-0.3, -0.25) is 4.79 Å². The molecule has 31 heavy (non-hydrogen) atoms. The number of carbonyl (C=O) groups excluding carboxylic acids is 1. The molecule has 2 aromatic rings. The smallest absolute Gasteiger partial charge is 0.251 e. The average molecular weight is 422 g/mol. The minimum Gasteiger partial charge on any atom is -0.497 e. The van der Waals surface area contributed by atoms with E-state index in [0.29, 0.717) is 12.1 Å². The van der Waals surface area contributed by atoms with Gasteiger partial charge in [0, 0.05) is 36.4 Å². The van der Waals surface area contributed by atoms with Crippen molar-refractivity contribution < 1.29 is 9.53 Å². The molecule has 2 aromatic carbocycles. The Morgan fingerprint density at radius 3 is 2.45 bits per heavy atom. The molecule has 5 heteroatoms. The fourth-order valence-electron chi connectivity index (χ4n) is 4.75. The number of amides is 1. The zero-order valence-electron chi connectivity index (χ0n) is 18.6. The highest BCUT2D eigenvalue weighted by Crippen LogP contribution is 2.22. The van der Waals surface area contributed by atoms with Crippen molar-refractivity contribution >= 4 is 11.6 Å². The number of nitrogens with one attached hydrogen (secondary N) is 2. The Hall–Kier alpha value is -2.53. The molecule has 0 unspecified atom stereocenters. The Kier molecular flexibility index (Phi) is 7.47. The Labute approximate surface area is 186 Å². The zero-order valence-corrected chi connectivity index (χ0v) is 18.6. The normalized spacial score (nSPS) is 17.6. The first-order valence-corrected chi connectivity index (χ1v) is 11.7. The predicted octanol–water partition coefficient (Wildman–Crippen LogP) is 4.17. The Morgan fingerprint density at radius 2 is 1.74 bits per heavy atom. The summed E-state index contributed by atoms with van der Waals surface area (Å²) in [6.45, 7) is 3.08. The molecule has 166 valence electrons. The van der Waals surface area contributed by atoms with Gasteiger partial charge in [0.2, 0.25) is 0 Å². The van der Waals surface area contributed by atoms with Crippen LogP contribution in [0.4, 0.5) is 5.69 Å². The van der Waals surface area contributed by atoms with E-state index in [4.69, 9.17) is 4.74 Å². The van der Waals surface area contributed by atoms with E-state index in [9.17, 15) is 4.79 Å². The monoisotopic (exact) mass is 421 g/mol. The molecule has 0 atom stereocenters. The van der Waals surface area contributed by atoms with Gasteiger partial charge in [-0.25, -0.2) is 0 Å². The van der Waals surface area contributed by atoms with Crippen molar-refractivity contribution in [2.24, 2.45) is 0 Å². The number of anilines is 1. The minimum absolute atomic E-state index is 0.0670. The lowest BCUT2D eigenvalue weighted by atomic mass is 10.0. The van der Waals surface area contributed by atoms with E-state index in [1.165, 1.54) is 24.1 Å². The molecule has 2 fully saturated rings. The average Bonchev–Trinajstić information content (AvgIpc) is 3.33. The largest absolute Gasteiger partial charge is 0.497 e. The summed E-state index contributed by atoms with van der Waals surface area (Å²) >= 11 is 0. The SMILES string of the molecule is COc1cccc(CCNC2CCN(c3ccc(C(=O)NC4CCCC4)cc3)CC2)c1. The number of methoxy groups -OCH3 is 1. The van der Waals surface area contributed by atoms with Crippen LogP contribution < -0.4 is 20.3 Å². The second kappa shape index (κ2) is 10.7. The molecule has 1 aliphatic carbocycles. The maximum Gasteiger partial charge on any atom is 0.251 e. The first kappa shape index (κ1) is 21.7. The lowest BCUT2D eigenvalue weighted by Crippen LogP contribution is -2.43. The van der Waals surface area contributed by atoms with E-state index >= 15 is 0 Å². The van der Waals surface area contributed by atoms with E-state index in [-0.39, 0.29) is 5.91 Å². The van der Waals surface area contributed by atoms with Gasteiger partial charge in [-0.15, -0.1) is 0 Å². The van der Waals surface area contributed by atoms with Crippen molar-refractivity contribution in [1.29, 1.82) is 0 Å². The number of nitrogens with zero attached hydrogens (tertiary/aromatic N) is 1. The first-order valence-electron chi connectivity index (χ1n) is 11.7. The Bertz CT molecular complexity index is 838. The molecule has 5 nitrogen and oxygen atoms in total. The molecular weight excluding hydrogens is 386 g/mol. The van der Waals surface area contributed by atoms with Crippen LogP contribution in [0, 0.1) is 0 Å². The van der Waals surface area contributed by atoms with Gasteiger partial charge in [-0.2, -0.15) is 0 Å². The Balaban J connectivity index is 1.20. The number of piperidine rings is 1. The highest BCUT2D eigenvalue weighted by Gasteiger charge is 2.20. The quantitative estimate of drug-likeness (QED) is 0.672. The van der Waals surface area contributed by atoms with Crippen LogP contribution >= 0.6 is 0 Å².